The summed E-state index contributed by atoms with van der Waals surface area (Å²) in [5.41, 5.74) is 1.73. The molecule has 0 amide bonds. The molecule has 0 bridgehead atoms. The summed E-state index contributed by atoms with van der Waals surface area (Å²) in [5, 5.41) is 0. The number of allylic oxidation sites excluding steroid dienone is 6. The number of nitrogens with zero attached hydrogens (tertiary/aromatic N) is 1. The van der Waals surface area contributed by atoms with Gasteiger partial charge in [-0.05, 0) is 25.0 Å². The highest BCUT2D eigenvalue weighted by atomic mass is 15.1. The van der Waals surface area contributed by atoms with Gasteiger partial charge < -0.3 is 4.90 Å². The van der Waals surface area contributed by atoms with Gasteiger partial charge >= 0.3 is 0 Å². The molecule has 1 nitrogen and oxygen atoms in total. The topological polar surface area (TPSA) is 3.24 Å². The largest absolute Gasteiger partial charge is 0.346 e. The Kier molecular flexibility index (Phi) is 7.60. The van der Waals surface area contributed by atoms with Gasteiger partial charge in [0.15, 0.2) is 0 Å². The van der Waals surface area contributed by atoms with Gasteiger partial charge in [-0.15, -0.1) is 6.58 Å². The van der Waals surface area contributed by atoms with E-state index in [1.807, 2.05) is 36.3 Å². The van der Waals surface area contributed by atoms with Crippen LogP contribution >= 0.6 is 0 Å². The zero-order chi connectivity index (χ0) is 12.4. The quantitative estimate of drug-likeness (QED) is 0.333. The van der Waals surface area contributed by atoms with E-state index in [1.54, 1.807) is 6.08 Å². The van der Waals surface area contributed by atoms with Crippen molar-refractivity contribution in [3.63, 3.8) is 0 Å². The standard InChI is InChI=1S/C15H21N/c1-6-8-9-10-11-12-13-15(4)16(5)14(3)7-2/h6-7,10-13H,1-4,8-9H2,5H3/b11-10-,13-12-. The molecular formula is C15H21N. The molecule has 1 heteroatoms. The molecule has 0 heterocycles. The van der Waals surface area contributed by atoms with E-state index in [2.05, 4.69) is 32.4 Å². The maximum absolute atomic E-state index is 3.94. The highest BCUT2D eigenvalue weighted by molar-refractivity contribution is 5.25. The fraction of sp³-hybridized carbons (Fsp3) is 0.200. The Balaban J connectivity index is 4.08. The van der Waals surface area contributed by atoms with Crippen LogP contribution in [0.15, 0.2) is 74.2 Å². The van der Waals surface area contributed by atoms with Gasteiger partial charge in [0.05, 0.1) is 0 Å². The van der Waals surface area contributed by atoms with E-state index >= 15 is 0 Å². The van der Waals surface area contributed by atoms with Gasteiger partial charge in [-0.2, -0.15) is 0 Å². The molecule has 86 valence electrons. The Labute approximate surface area is 99.5 Å². The summed E-state index contributed by atoms with van der Waals surface area (Å²) < 4.78 is 0. The normalized spacial score (nSPS) is 10.6. The second-order valence-electron chi connectivity index (χ2n) is 3.40. The van der Waals surface area contributed by atoms with Gasteiger partial charge in [-0.1, -0.05) is 44.0 Å². The van der Waals surface area contributed by atoms with E-state index in [0.29, 0.717) is 0 Å². The first-order valence-corrected chi connectivity index (χ1v) is 5.31. The summed E-state index contributed by atoms with van der Waals surface area (Å²) in [6, 6.07) is 0. The fourth-order valence-corrected chi connectivity index (χ4v) is 0.989. The van der Waals surface area contributed by atoms with Crippen LogP contribution in [0.1, 0.15) is 12.8 Å². The molecule has 0 fully saturated rings. The third kappa shape index (κ3) is 5.86. The lowest BCUT2D eigenvalue weighted by atomic mass is 10.2. The van der Waals surface area contributed by atoms with Crippen molar-refractivity contribution < 1.29 is 0 Å². The van der Waals surface area contributed by atoms with Crippen LogP contribution in [0, 0.1) is 0 Å². The van der Waals surface area contributed by atoms with Crippen molar-refractivity contribution in [3.8, 4) is 0 Å². The molecule has 0 aromatic rings. The predicted octanol–water partition coefficient (Wildman–Crippen LogP) is 4.21. The van der Waals surface area contributed by atoms with Gasteiger partial charge in [-0.25, -0.2) is 0 Å². The summed E-state index contributed by atoms with van der Waals surface area (Å²) in [7, 11) is 1.91. The van der Waals surface area contributed by atoms with Crippen molar-refractivity contribution in [2.24, 2.45) is 0 Å². The molecule has 0 saturated heterocycles. The molecule has 0 aromatic heterocycles. The summed E-state index contributed by atoms with van der Waals surface area (Å²) in [5.74, 6) is 0. The number of likely N-dealkylation sites (N-methyl/N-ethyl adjacent to an activating group) is 1. The Morgan fingerprint density at radius 1 is 1.06 bits per heavy atom. The van der Waals surface area contributed by atoms with Gasteiger partial charge in [0.2, 0.25) is 0 Å². The molecule has 0 unspecified atom stereocenters. The van der Waals surface area contributed by atoms with Crippen LogP contribution in [0.2, 0.25) is 0 Å². The first kappa shape index (κ1) is 14.2. The Hall–Kier alpha value is -1.76. The fourth-order valence-electron chi connectivity index (χ4n) is 0.989. The minimum Gasteiger partial charge on any atom is -0.346 e. The van der Waals surface area contributed by atoms with Crippen LogP contribution in [-0.2, 0) is 0 Å². The Morgan fingerprint density at radius 3 is 2.31 bits per heavy atom. The zero-order valence-electron chi connectivity index (χ0n) is 10.2. The molecule has 0 atom stereocenters. The minimum atomic E-state index is 0.838. The average molecular weight is 215 g/mol. The average Bonchev–Trinajstić information content (AvgIpc) is 2.31. The van der Waals surface area contributed by atoms with Crippen LogP contribution in [-0.4, -0.2) is 11.9 Å². The third-order valence-corrected chi connectivity index (χ3v) is 2.17. The van der Waals surface area contributed by atoms with Crippen LogP contribution in [0.25, 0.3) is 0 Å². The highest BCUT2D eigenvalue weighted by Crippen LogP contribution is 2.08. The van der Waals surface area contributed by atoms with Crippen LogP contribution in [0.5, 0.6) is 0 Å². The summed E-state index contributed by atoms with van der Waals surface area (Å²) in [6.45, 7) is 15.1. The van der Waals surface area contributed by atoms with Gasteiger partial charge in [0, 0.05) is 18.4 Å². The van der Waals surface area contributed by atoms with E-state index in [-0.39, 0.29) is 0 Å². The second-order valence-corrected chi connectivity index (χ2v) is 3.40. The van der Waals surface area contributed by atoms with Crippen LogP contribution in [0.4, 0.5) is 0 Å². The van der Waals surface area contributed by atoms with Crippen molar-refractivity contribution in [2.75, 3.05) is 7.05 Å². The number of hydrogen-bond acceptors (Lipinski definition) is 1. The lowest BCUT2D eigenvalue weighted by Gasteiger charge is -2.18. The maximum Gasteiger partial charge on any atom is 0.0334 e. The molecule has 0 N–H and O–H groups in total. The molecular weight excluding hydrogens is 194 g/mol. The number of hydrogen-bond donors (Lipinski definition) is 0. The van der Waals surface area contributed by atoms with Crippen LogP contribution < -0.4 is 0 Å². The van der Waals surface area contributed by atoms with E-state index in [9.17, 15) is 0 Å². The number of unbranched alkanes of at least 4 members (excludes halogenated alkanes) is 1. The van der Waals surface area contributed by atoms with Crippen molar-refractivity contribution in [1.82, 2.24) is 4.90 Å². The first-order chi connectivity index (χ1) is 7.63. The molecule has 0 aliphatic carbocycles. The van der Waals surface area contributed by atoms with Crippen molar-refractivity contribution in [2.45, 2.75) is 12.8 Å². The first-order valence-electron chi connectivity index (χ1n) is 5.31. The second kappa shape index (κ2) is 8.54. The molecule has 16 heavy (non-hydrogen) atoms. The monoisotopic (exact) mass is 215 g/mol. The molecule has 0 spiro atoms. The number of rotatable bonds is 8. The van der Waals surface area contributed by atoms with Crippen molar-refractivity contribution in [3.05, 3.63) is 74.2 Å². The van der Waals surface area contributed by atoms with Gasteiger partial charge in [-0.3, -0.25) is 0 Å². The third-order valence-electron chi connectivity index (χ3n) is 2.17. The predicted molar refractivity (Wildman–Crippen MR) is 74.0 cm³/mol. The van der Waals surface area contributed by atoms with Gasteiger partial charge in [0.1, 0.15) is 0 Å². The molecule has 0 aromatic carbocycles. The van der Waals surface area contributed by atoms with E-state index in [4.69, 9.17) is 0 Å². The van der Waals surface area contributed by atoms with E-state index in [1.165, 1.54) is 0 Å². The summed E-state index contributed by atoms with van der Waals surface area (Å²) >= 11 is 0. The SMILES string of the molecule is C=CCC/C=C\C=C/C(=C)N(C)C(=C)C=C. The molecule has 0 saturated carbocycles. The lowest BCUT2D eigenvalue weighted by Crippen LogP contribution is -2.12. The lowest BCUT2D eigenvalue weighted by molar-refractivity contribution is 0.559. The van der Waals surface area contributed by atoms with E-state index in [0.717, 1.165) is 24.2 Å². The van der Waals surface area contributed by atoms with Crippen LogP contribution in [0.3, 0.4) is 0 Å². The molecule has 0 aliphatic rings. The molecule has 0 rings (SSSR count). The summed E-state index contributed by atoms with van der Waals surface area (Å²) in [6.07, 6.45) is 13.7. The summed E-state index contributed by atoms with van der Waals surface area (Å²) in [4.78, 5) is 1.89. The molecule has 0 radical (unpaired) electrons. The molecule has 0 aliphatic heterocycles. The smallest absolute Gasteiger partial charge is 0.0334 e. The minimum absolute atomic E-state index is 0.838. The zero-order valence-corrected chi connectivity index (χ0v) is 10.2. The van der Waals surface area contributed by atoms with Crippen molar-refractivity contribution >= 4 is 0 Å². The highest BCUT2D eigenvalue weighted by Gasteiger charge is 1.98. The van der Waals surface area contributed by atoms with E-state index < -0.39 is 0 Å². The maximum atomic E-state index is 3.94. The van der Waals surface area contributed by atoms with Crippen molar-refractivity contribution in [1.29, 1.82) is 0 Å². The Morgan fingerprint density at radius 2 is 1.75 bits per heavy atom. The van der Waals surface area contributed by atoms with Gasteiger partial charge in [0.25, 0.3) is 0 Å². The Bertz CT molecular complexity index is 318.